The Hall–Kier alpha value is -3.35. The molecule has 1 amide bonds. The predicted octanol–water partition coefficient (Wildman–Crippen LogP) is 2.88. The first-order chi connectivity index (χ1) is 11.5. The topological polar surface area (TPSA) is 103 Å². The van der Waals surface area contributed by atoms with Crippen LogP contribution in [0.5, 0.6) is 0 Å². The molecule has 7 heteroatoms. The molecular formula is C17H10ClN3O3. The van der Waals surface area contributed by atoms with Crippen LogP contribution in [0.3, 0.4) is 0 Å². The first-order valence-electron chi connectivity index (χ1n) is 6.70. The molecule has 0 fully saturated rings. The first kappa shape index (κ1) is 17.0. The fourth-order valence-electron chi connectivity index (χ4n) is 1.80. The number of carbonyl (C=O) groups is 2. The van der Waals surface area contributed by atoms with Gasteiger partial charge in [0.25, 0.3) is 5.91 Å². The summed E-state index contributed by atoms with van der Waals surface area (Å²) < 4.78 is 4.89. The van der Waals surface area contributed by atoms with Crippen molar-refractivity contribution in [1.82, 2.24) is 0 Å². The molecule has 2 rings (SSSR count). The third kappa shape index (κ3) is 4.33. The molecule has 0 aliphatic heterocycles. The standard InChI is InChI=1S/C17H10ClN3O3/c18-14-6-5-13(9-20)15(7-14)21-16(22)10-24-17(23)12-3-1-11(8-19)2-4-12/h1-7H,10H2,(H,21,22). The van der Waals surface area contributed by atoms with Crippen LogP contribution in [0.4, 0.5) is 5.69 Å². The number of nitrogens with zero attached hydrogens (tertiary/aromatic N) is 2. The second kappa shape index (κ2) is 7.77. The Bertz CT molecular complexity index is 864. The van der Waals surface area contributed by atoms with Gasteiger partial charge in [0.15, 0.2) is 6.61 Å². The molecule has 0 spiro atoms. The SMILES string of the molecule is N#Cc1ccc(C(=O)OCC(=O)Nc2cc(Cl)ccc2C#N)cc1. The fourth-order valence-corrected chi connectivity index (χ4v) is 1.97. The van der Waals surface area contributed by atoms with Crippen molar-refractivity contribution in [2.75, 3.05) is 11.9 Å². The molecule has 2 aromatic rings. The Labute approximate surface area is 142 Å². The minimum Gasteiger partial charge on any atom is -0.452 e. The van der Waals surface area contributed by atoms with E-state index in [1.807, 2.05) is 12.1 Å². The molecular weight excluding hydrogens is 330 g/mol. The number of anilines is 1. The van der Waals surface area contributed by atoms with Crippen LogP contribution in [0, 0.1) is 22.7 Å². The van der Waals surface area contributed by atoms with Gasteiger partial charge in [0.1, 0.15) is 6.07 Å². The van der Waals surface area contributed by atoms with E-state index in [4.69, 9.17) is 26.9 Å². The molecule has 0 aliphatic rings. The summed E-state index contributed by atoms with van der Waals surface area (Å²) in [7, 11) is 0. The van der Waals surface area contributed by atoms with Gasteiger partial charge in [0, 0.05) is 5.02 Å². The summed E-state index contributed by atoms with van der Waals surface area (Å²) in [5, 5.41) is 20.5. The summed E-state index contributed by atoms with van der Waals surface area (Å²) >= 11 is 5.82. The smallest absolute Gasteiger partial charge is 0.338 e. The van der Waals surface area contributed by atoms with E-state index < -0.39 is 18.5 Å². The zero-order chi connectivity index (χ0) is 17.5. The molecule has 118 valence electrons. The summed E-state index contributed by atoms with van der Waals surface area (Å²) in [5.74, 6) is -1.29. The number of nitrogens with one attached hydrogen (secondary N) is 1. The number of ether oxygens (including phenoxy) is 1. The van der Waals surface area contributed by atoms with Crippen LogP contribution in [-0.2, 0) is 9.53 Å². The minimum absolute atomic E-state index is 0.224. The van der Waals surface area contributed by atoms with Crippen LogP contribution >= 0.6 is 11.6 Å². The van der Waals surface area contributed by atoms with E-state index in [2.05, 4.69) is 5.32 Å². The van der Waals surface area contributed by atoms with Gasteiger partial charge in [0.05, 0.1) is 28.4 Å². The normalized spacial score (nSPS) is 9.46. The van der Waals surface area contributed by atoms with Crippen LogP contribution in [0.15, 0.2) is 42.5 Å². The van der Waals surface area contributed by atoms with E-state index in [-0.39, 0.29) is 16.8 Å². The monoisotopic (exact) mass is 339 g/mol. The molecule has 6 nitrogen and oxygen atoms in total. The van der Waals surface area contributed by atoms with Gasteiger partial charge in [-0.05, 0) is 42.5 Å². The zero-order valence-electron chi connectivity index (χ0n) is 12.2. The average molecular weight is 340 g/mol. The lowest BCUT2D eigenvalue weighted by Gasteiger charge is -2.08. The molecule has 0 heterocycles. The van der Waals surface area contributed by atoms with E-state index >= 15 is 0 Å². The van der Waals surface area contributed by atoms with E-state index in [1.54, 1.807) is 0 Å². The van der Waals surface area contributed by atoms with Gasteiger partial charge in [-0.25, -0.2) is 4.79 Å². The van der Waals surface area contributed by atoms with Crippen molar-refractivity contribution < 1.29 is 14.3 Å². The van der Waals surface area contributed by atoms with Crippen LogP contribution in [-0.4, -0.2) is 18.5 Å². The molecule has 0 saturated heterocycles. The molecule has 0 bridgehead atoms. The second-order valence-electron chi connectivity index (χ2n) is 4.62. The fraction of sp³-hybridized carbons (Fsp3) is 0.0588. The molecule has 0 radical (unpaired) electrons. The highest BCUT2D eigenvalue weighted by atomic mass is 35.5. The predicted molar refractivity (Wildman–Crippen MR) is 86.2 cm³/mol. The maximum atomic E-state index is 11.8. The van der Waals surface area contributed by atoms with Crippen molar-refractivity contribution in [3.63, 3.8) is 0 Å². The molecule has 2 aromatic carbocycles. The summed E-state index contributed by atoms with van der Waals surface area (Å²) in [6.07, 6.45) is 0. The maximum Gasteiger partial charge on any atom is 0.338 e. The Morgan fingerprint density at radius 2 is 1.79 bits per heavy atom. The highest BCUT2D eigenvalue weighted by Crippen LogP contribution is 2.20. The van der Waals surface area contributed by atoms with Gasteiger partial charge in [-0.15, -0.1) is 0 Å². The van der Waals surface area contributed by atoms with Crippen LogP contribution in [0.1, 0.15) is 21.5 Å². The highest BCUT2D eigenvalue weighted by molar-refractivity contribution is 6.31. The number of nitriles is 2. The van der Waals surface area contributed by atoms with E-state index in [0.29, 0.717) is 10.6 Å². The lowest BCUT2D eigenvalue weighted by atomic mass is 10.1. The summed E-state index contributed by atoms with van der Waals surface area (Å²) in [6, 6.07) is 14.1. The van der Waals surface area contributed by atoms with E-state index in [1.165, 1.54) is 42.5 Å². The quantitative estimate of drug-likeness (QED) is 0.862. The molecule has 0 saturated carbocycles. The lowest BCUT2D eigenvalue weighted by Crippen LogP contribution is -2.21. The number of hydrogen-bond donors (Lipinski definition) is 1. The van der Waals surface area contributed by atoms with Crippen LogP contribution in [0.25, 0.3) is 0 Å². The van der Waals surface area contributed by atoms with Crippen molar-refractivity contribution in [3.05, 3.63) is 64.2 Å². The largest absolute Gasteiger partial charge is 0.452 e. The summed E-state index contributed by atoms with van der Waals surface area (Å²) in [5.41, 5.74) is 1.12. The van der Waals surface area contributed by atoms with E-state index in [9.17, 15) is 9.59 Å². The van der Waals surface area contributed by atoms with Gasteiger partial charge in [-0.3, -0.25) is 4.79 Å². The third-order valence-electron chi connectivity index (χ3n) is 2.96. The lowest BCUT2D eigenvalue weighted by molar-refractivity contribution is -0.119. The van der Waals surface area contributed by atoms with Crippen molar-refractivity contribution >= 4 is 29.2 Å². The van der Waals surface area contributed by atoms with Crippen molar-refractivity contribution in [3.8, 4) is 12.1 Å². The maximum absolute atomic E-state index is 11.8. The Morgan fingerprint density at radius 3 is 2.42 bits per heavy atom. The first-order valence-corrected chi connectivity index (χ1v) is 7.08. The molecule has 0 atom stereocenters. The van der Waals surface area contributed by atoms with Gasteiger partial charge in [0.2, 0.25) is 0 Å². The number of halogens is 1. The summed E-state index contributed by atoms with van der Waals surface area (Å²) in [6.45, 7) is -0.518. The minimum atomic E-state index is -0.693. The second-order valence-corrected chi connectivity index (χ2v) is 5.05. The van der Waals surface area contributed by atoms with Gasteiger partial charge >= 0.3 is 5.97 Å². The van der Waals surface area contributed by atoms with Crippen LogP contribution in [0.2, 0.25) is 5.02 Å². The highest BCUT2D eigenvalue weighted by Gasteiger charge is 2.12. The number of amides is 1. The number of esters is 1. The zero-order valence-corrected chi connectivity index (χ0v) is 13.0. The molecule has 0 aliphatic carbocycles. The van der Waals surface area contributed by atoms with Crippen molar-refractivity contribution in [1.29, 1.82) is 10.5 Å². The molecule has 0 aromatic heterocycles. The van der Waals surface area contributed by atoms with Gasteiger partial charge in [-0.2, -0.15) is 10.5 Å². The Kier molecular flexibility index (Phi) is 5.51. The molecule has 1 N–H and O–H groups in total. The van der Waals surface area contributed by atoms with Crippen molar-refractivity contribution in [2.24, 2.45) is 0 Å². The number of carbonyl (C=O) groups excluding carboxylic acids is 2. The third-order valence-corrected chi connectivity index (χ3v) is 3.20. The number of rotatable bonds is 4. The Balaban J connectivity index is 1.96. The summed E-state index contributed by atoms with van der Waals surface area (Å²) in [4.78, 5) is 23.7. The number of benzene rings is 2. The Morgan fingerprint density at radius 1 is 1.08 bits per heavy atom. The average Bonchev–Trinajstić information content (AvgIpc) is 2.60. The number of hydrogen-bond acceptors (Lipinski definition) is 5. The van der Waals surface area contributed by atoms with Gasteiger partial charge < -0.3 is 10.1 Å². The van der Waals surface area contributed by atoms with Gasteiger partial charge in [-0.1, -0.05) is 11.6 Å². The molecule has 24 heavy (non-hydrogen) atoms. The van der Waals surface area contributed by atoms with Crippen molar-refractivity contribution in [2.45, 2.75) is 0 Å². The molecule has 0 unspecified atom stereocenters. The van der Waals surface area contributed by atoms with E-state index in [0.717, 1.165) is 0 Å². The van der Waals surface area contributed by atoms with Crippen LogP contribution < -0.4 is 5.32 Å².